The number of nitrogen functional groups attached to an aromatic ring is 1. The van der Waals surface area contributed by atoms with Crippen LogP contribution in [0.1, 0.15) is 107 Å². The summed E-state index contributed by atoms with van der Waals surface area (Å²) in [6.07, 6.45) is -3.12. The average molecular weight is 887 g/mol. The van der Waals surface area contributed by atoms with Crippen molar-refractivity contribution in [3.05, 3.63) is 30.2 Å². The predicted molar refractivity (Wildman–Crippen MR) is 231 cm³/mol. The van der Waals surface area contributed by atoms with Crippen LogP contribution in [0.5, 0.6) is 0 Å². The fraction of sp³-hybridized carbons (Fsp3) is 0.711. The van der Waals surface area contributed by atoms with Crippen LogP contribution < -0.4 is 5.73 Å². The maximum absolute atomic E-state index is 17.0. The molecule has 17 nitrogen and oxygen atoms in total. The van der Waals surface area contributed by atoms with E-state index in [4.69, 9.17) is 33.9 Å². The number of Topliss-reactive ketones (excluding diaryl/α,β-unsaturated/α-hetero) is 1. The van der Waals surface area contributed by atoms with Gasteiger partial charge in [-0.1, -0.05) is 45.8 Å². The molecule has 18 heteroatoms. The van der Waals surface area contributed by atoms with E-state index in [9.17, 15) is 24.6 Å². The number of esters is 1. The molecule has 4 N–H and O–H groups in total. The fourth-order valence-electron chi connectivity index (χ4n) is 9.42. The van der Waals surface area contributed by atoms with Crippen LogP contribution in [0.15, 0.2) is 39.0 Å². The van der Waals surface area contributed by atoms with Gasteiger partial charge in [0.15, 0.2) is 18.7 Å². The maximum atomic E-state index is 17.0. The van der Waals surface area contributed by atoms with Gasteiger partial charge in [-0.25, -0.2) is 24.1 Å². The average Bonchev–Trinajstić information content (AvgIpc) is 3.70. The minimum Gasteiger partial charge on any atom is -0.457 e. The van der Waals surface area contributed by atoms with Crippen LogP contribution in [0, 0.1) is 23.7 Å². The van der Waals surface area contributed by atoms with Crippen LogP contribution in [0.25, 0.3) is 11.6 Å². The molecule has 0 aromatic carbocycles. The van der Waals surface area contributed by atoms with Crippen LogP contribution in [0.3, 0.4) is 0 Å². The molecule has 350 valence electrons. The fourth-order valence-corrected chi connectivity index (χ4v) is 9.42. The van der Waals surface area contributed by atoms with Crippen molar-refractivity contribution < 1.29 is 57.2 Å². The summed E-state index contributed by atoms with van der Waals surface area (Å²) >= 11 is 0. The molecule has 2 aromatic heterocycles. The molecule has 3 fully saturated rings. The molecule has 0 aliphatic carbocycles. The highest BCUT2D eigenvalue weighted by molar-refractivity contribution is 6.08. The van der Waals surface area contributed by atoms with E-state index < -0.39 is 82.9 Å². The van der Waals surface area contributed by atoms with Gasteiger partial charge < -0.3 is 49.0 Å². The number of pyridine rings is 1. The number of oxime groups is 1. The number of cyclic esters (lactones) is 1. The number of hydrogen-bond acceptors (Lipinski definition) is 16. The van der Waals surface area contributed by atoms with E-state index in [1.165, 1.54) is 20.1 Å². The number of nitrogens with two attached hydrogens (primary N) is 1. The molecule has 2 bridgehead atoms. The number of aliphatic hydroxyl groups excluding tert-OH is 1. The summed E-state index contributed by atoms with van der Waals surface area (Å²) in [5.41, 5.74) is 0.929. The topological polar surface area (TPSA) is 231 Å². The van der Waals surface area contributed by atoms with Crippen molar-refractivity contribution in [1.29, 1.82) is 0 Å². The Bertz CT molecular complexity index is 1990. The van der Waals surface area contributed by atoms with Gasteiger partial charge in [0.2, 0.25) is 11.8 Å². The Hall–Kier alpha value is -4.20. The number of alkyl halides is 1. The van der Waals surface area contributed by atoms with Gasteiger partial charge in [-0.05, 0) is 97.9 Å². The monoisotopic (exact) mass is 886 g/mol. The molecule has 3 saturated heterocycles. The van der Waals surface area contributed by atoms with Crippen molar-refractivity contribution in [3.63, 3.8) is 0 Å². The molecule has 5 heterocycles. The SMILES string of the molecule is CCC(=O)/N=C1\[C@H](C)C[C@@]2(C)OC/C(=N/OCc3coc(-c4cccc(N)n4)n3)CC[C@H]([C@H]1C)[C@](C)(O)[C@@H](CC)OC(=O)[C@@](C)(F)C(=O)C(C)[C@H]2O[C@@H]1O[C@H](C)C[C@H](N(C)C)[C@H]1O. The summed E-state index contributed by atoms with van der Waals surface area (Å²) < 4.78 is 48.2. The lowest BCUT2D eigenvalue weighted by Gasteiger charge is -2.48. The van der Waals surface area contributed by atoms with Crippen molar-refractivity contribution in [1.82, 2.24) is 14.9 Å². The highest BCUT2D eigenvalue weighted by Gasteiger charge is 2.56. The number of anilines is 1. The summed E-state index contributed by atoms with van der Waals surface area (Å²) in [6, 6.07) is 4.68. The van der Waals surface area contributed by atoms with Gasteiger partial charge in [0.25, 0.3) is 5.67 Å². The first kappa shape index (κ1) is 49.8. The van der Waals surface area contributed by atoms with E-state index in [1.54, 1.807) is 39.0 Å². The molecule has 13 atom stereocenters. The number of carbonyl (C=O) groups excluding carboxylic acids is 3. The van der Waals surface area contributed by atoms with Crippen LogP contribution >= 0.6 is 0 Å². The van der Waals surface area contributed by atoms with Crippen molar-refractivity contribution >= 4 is 34.9 Å². The second-order valence-corrected chi connectivity index (χ2v) is 18.3. The van der Waals surface area contributed by atoms with Crippen LogP contribution in [0.2, 0.25) is 0 Å². The number of ketones is 1. The molecule has 2 aromatic rings. The Morgan fingerprint density at radius 1 is 1.10 bits per heavy atom. The molecule has 1 amide bonds. The number of amides is 1. The molecule has 5 rings (SSSR count). The summed E-state index contributed by atoms with van der Waals surface area (Å²) in [6.45, 7) is 14.1. The Morgan fingerprint density at radius 2 is 1.81 bits per heavy atom. The number of hydrogen-bond donors (Lipinski definition) is 3. The number of nitrogens with zero attached hydrogens (tertiary/aromatic N) is 5. The predicted octanol–water partition coefficient (Wildman–Crippen LogP) is 5.25. The van der Waals surface area contributed by atoms with Gasteiger partial charge in [-0.2, -0.15) is 0 Å². The maximum Gasteiger partial charge on any atom is 0.351 e. The Morgan fingerprint density at radius 3 is 2.46 bits per heavy atom. The number of rotatable bonds is 9. The number of oxazole rings is 1. The molecule has 0 spiro atoms. The van der Waals surface area contributed by atoms with E-state index in [2.05, 4.69) is 20.1 Å². The molecule has 3 aliphatic rings. The number of aromatic nitrogens is 2. The summed E-state index contributed by atoms with van der Waals surface area (Å²) in [4.78, 5) is 62.7. The summed E-state index contributed by atoms with van der Waals surface area (Å²) in [5.74, 6) is -5.88. The largest absolute Gasteiger partial charge is 0.457 e. The smallest absolute Gasteiger partial charge is 0.351 e. The first-order chi connectivity index (χ1) is 29.5. The minimum atomic E-state index is -3.20. The van der Waals surface area contributed by atoms with Crippen molar-refractivity contribution in [2.75, 3.05) is 26.4 Å². The van der Waals surface area contributed by atoms with Gasteiger partial charge in [0.1, 0.15) is 41.3 Å². The zero-order valence-electron chi connectivity index (χ0n) is 38.5. The molecular weight excluding hydrogens is 820 g/mol. The highest BCUT2D eigenvalue weighted by atomic mass is 19.1. The van der Waals surface area contributed by atoms with E-state index in [1.807, 2.05) is 39.8 Å². The zero-order valence-corrected chi connectivity index (χ0v) is 38.5. The van der Waals surface area contributed by atoms with Crippen LogP contribution in [0.4, 0.5) is 10.2 Å². The number of aliphatic imine (C=N–C) groups is 1. The molecule has 63 heavy (non-hydrogen) atoms. The third-order valence-electron chi connectivity index (χ3n) is 13.0. The first-order valence-electron chi connectivity index (χ1n) is 22.0. The number of fused-ring (bicyclic) bond motifs is 5. The number of aliphatic hydroxyl groups is 2. The molecule has 0 radical (unpaired) electrons. The molecular formula is C45H67FN6O11. The van der Waals surface area contributed by atoms with Gasteiger partial charge in [0, 0.05) is 30.0 Å². The van der Waals surface area contributed by atoms with E-state index in [0.29, 0.717) is 35.0 Å². The standard InChI is InChI=1S/C45H67FN6O11/c1-12-33-45(9,57)30-18-17-28(51-60-23-29-21-58-40(48-29)31-15-14-16-34(47)49-31)22-59-43(7,20-24(3)36(26(30)5)50-35(53)13-2)39(27(6)38(55)44(8,46)42(56)62-33)63-41-37(54)32(52(10)11)19-25(4)61-41/h14-16,21,24-27,30,32-33,37,39,41,54,57H,12-13,17-20,22-23H2,1-11H3,(H2,47,49)/b50-36+,51-28+/t24-,25-,26-,27?,30-,32+,33-,37-,39-,41+,43-,44+,45+/m1/s1. The lowest BCUT2D eigenvalue weighted by atomic mass is 9.68. The first-order valence-corrected chi connectivity index (χ1v) is 22.0. The zero-order chi connectivity index (χ0) is 46.6. The normalized spacial score (nSPS) is 37.6. The van der Waals surface area contributed by atoms with Gasteiger partial charge in [-0.3, -0.25) is 9.59 Å². The van der Waals surface area contributed by atoms with E-state index >= 15 is 4.39 Å². The molecule has 0 saturated carbocycles. The Balaban J connectivity index is 1.67. The summed E-state index contributed by atoms with van der Waals surface area (Å²) in [7, 11) is 3.64. The Labute approximate surface area is 369 Å². The van der Waals surface area contributed by atoms with E-state index in [-0.39, 0.29) is 63.2 Å². The van der Waals surface area contributed by atoms with Crippen LogP contribution in [-0.4, -0.2) is 128 Å². The van der Waals surface area contributed by atoms with Crippen LogP contribution in [-0.2, 0) is 44.8 Å². The highest BCUT2D eigenvalue weighted by Crippen LogP contribution is 2.43. The second kappa shape index (κ2) is 20.3. The third kappa shape index (κ3) is 11.2. The quantitative estimate of drug-likeness (QED) is 0.166. The van der Waals surface area contributed by atoms with Gasteiger partial charge in [0.05, 0.1) is 30.1 Å². The van der Waals surface area contributed by atoms with Crippen molar-refractivity contribution in [2.45, 2.75) is 161 Å². The molecule has 3 aliphatic heterocycles. The van der Waals surface area contributed by atoms with E-state index in [0.717, 1.165) is 6.92 Å². The minimum absolute atomic E-state index is 0.0400. The summed E-state index contributed by atoms with van der Waals surface area (Å²) in [5, 5.41) is 28.8. The number of ether oxygens (including phenoxy) is 4. The lowest BCUT2D eigenvalue weighted by molar-refractivity contribution is -0.296. The van der Waals surface area contributed by atoms with Crippen molar-refractivity contribution in [3.8, 4) is 11.6 Å². The molecule has 1 unspecified atom stereocenters. The van der Waals surface area contributed by atoms with Gasteiger partial charge >= 0.3 is 5.97 Å². The number of halogens is 1. The van der Waals surface area contributed by atoms with Crippen molar-refractivity contribution in [2.24, 2.45) is 33.8 Å². The number of likely N-dealkylation sites (N-methyl/N-ethyl adjacent to an activating group) is 1. The third-order valence-corrected chi connectivity index (χ3v) is 13.0. The second-order valence-electron chi connectivity index (χ2n) is 18.3. The number of carbonyl (C=O) groups is 3. The Kier molecular flexibility index (Phi) is 16.1. The van der Waals surface area contributed by atoms with Gasteiger partial charge in [-0.15, -0.1) is 0 Å². The lowest BCUT2D eigenvalue weighted by Crippen LogP contribution is -2.61.